The van der Waals surface area contributed by atoms with E-state index in [2.05, 4.69) is 21.2 Å². The number of aliphatic hydroxyl groups is 1. The number of halogens is 3. The number of fused-ring (bicyclic) bond motifs is 3. The minimum absolute atomic E-state index is 0.0957. The molecule has 3 aromatic rings. The molecule has 2 heterocycles. The summed E-state index contributed by atoms with van der Waals surface area (Å²) in [6, 6.07) is 13.2. The van der Waals surface area contributed by atoms with Crippen molar-refractivity contribution >= 4 is 38.5 Å². The van der Waals surface area contributed by atoms with Crippen LogP contribution in [0, 0.1) is 0 Å². The number of hydrogen-bond acceptors (Lipinski definition) is 5. The molecular formula is C33H36BrF2N3O4. The molecule has 7 nitrogen and oxygen atoms in total. The standard InChI is InChI=1S/C33H36BrF2N3O4/c34-23-10-8-22(9-11-23)33(35,36)30(32(42)39-25-12-13-26(39)18-24(37)17-25)38-31(41)29(40)21-6-5-20-16-28(14-7-19(20)15-21)43-27-3-1-2-4-27/h5-11,14-16,24-27,29-30,40H,1-4,12-13,17-18,37H2,(H,38,41)/t24?,25?,26?,29-,30+/m1/s1. The molecule has 6 rings (SSSR count). The summed E-state index contributed by atoms with van der Waals surface area (Å²) >= 11 is 3.25. The highest BCUT2D eigenvalue weighted by atomic mass is 79.9. The summed E-state index contributed by atoms with van der Waals surface area (Å²) in [5, 5.41) is 14.9. The first kappa shape index (κ1) is 30.0. The number of nitrogens with two attached hydrogens (primary N) is 1. The average Bonchev–Trinajstić information content (AvgIpc) is 3.60. The van der Waals surface area contributed by atoms with E-state index in [-0.39, 0.29) is 29.8 Å². The number of nitrogens with one attached hydrogen (secondary N) is 1. The molecule has 3 aromatic carbocycles. The van der Waals surface area contributed by atoms with E-state index in [9.17, 15) is 14.7 Å². The fourth-order valence-corrected chi connectivity index (χ4v) is 7.20. The van der Waals surface area contributed by atoms with Gasteiger partial charge in [0.1, 0.15) is 5.75 Å². The van der Waals surface area contributed by atoms with Crippen LogP contribution in [0.25, 0.3) is 10.8 Å². The summed E-state index contributed by atoms with van der Waals surface area (Å²) < 4.78 is 39.0. The number of carbonyl (C=O) groups excluding carboxylic acids is 2. The fourth-order valence-electron chi connectivity index (χ4n) is 6.93. The van der Waals surface area contributed by atoms with Gasteiger partial charge in [-0.2, -0.15) is 8.78 Å². The van der Waals surface area contributed by atoms with Gasteiger partial charge in [-0.25, -0.2) is 0 Å². The Labute approximate surface area is 257 Å². The van der Waals surface area contributed by atoms with E-state index >= 15 is 8.78 Å². The van der Waals surface area contributed by atoms with E-state index in [4.69, 9.17) is 10.5 Å². The molecule has 2 aliphatic heterocycles. The molecule has 43 heavy (non-hydrogen) atoms. The van der Waals surface area contributed by atoms with Crippen LogP contribution < -0.4 is 15.8 Å². The summed E-state index contributed by atoms with van der Waals surface area (Å²) in [6.45, 7) is 0. The first-order valence-electron chi connectivity index (χ1n) is 15.0. The smallest absolute Gasteiger partial charge is 0.302 e. The zero-order valence-electron chi connectivity index (χ0n) is 23.7. The van der Waals surface area contributed by atoms with Crippen molar-refractivity contribution in [2.45, 2.75) is 93.7 Å². The van der Waals surface area contributed by atoms with E-state index in [1.165, 1.54) is 29.2 Å². The van der Waals surface area contributed by atoms with Gasteiger partial charge in [0.2, 0.25) is 0 Å². The van der Waals surface area contributed by atoms with Gasteiger partial charge in [0.15, 0.2) is 12.1 Å². The number of benzene rings is 3. The van der Waals surface area contributed by atoms with E-state index in [0.29, 0.717) is 30.2 Å². The van der Waals surface area contributed by atoms with Crippen molar-refractivity contribution in [1.29, 1.82) is 0 Å². The van der Waals surface area contributed by atoms with Gasteiger partial charge in [-0.3, -0.25) is 9.59 Å². The van der Waals surface area contributed by atoms with Crippen LogP contribution in [0.1, 0.15) is 68.6 Å². The number of amides is 2. The van der Waals surface area contributed by atoms with Crippen molar-refractivity contribution in [2.75, 3.05) is 0 Å². The average molecular weight is 657 g/mol. The third kappa shape index (κ3) is 6.14. The number of aliphatic hydroxyl groups excluding tert-OH is 1. The summed E-state index contributed by atoms with van der Waals surface area (Å²) in [5.74, 6) is -4.92. The second-order valence-electron chi connectivity index (χ2n) is 12.1. The molecular weight excluding hydrogens is 620 g/mol. The lowest BCUT2D eigenvalue weighted by Gasteiger charge is -2.41. The topological polar surface area (TPSA) is 105 Å². The van der Waals surface area contributed by atoms with Gasteiger partial charge >= 0.3 is 5.92 Å². The van der Waals surface area contributed by atoms with E-state index < -0.39 is 35.4 Å². The van der Waals surface area contributed by atoms with Crippen LogP contribution in [0.3, 0.4) is 0 Å². The summed E-state index contributed by atoms with van der Waals surface area (Å²) in [7, 11) is 0. The number of carbonyl (C=O) groups is 2. The van der Waals surface area contributed by atoms with Crippen molar-refractivity contribution in [3.05, 3.63) is 76.3 Å². The third-order valence-electron chi connectivity index (χ3n) is 9.15. The molecule has 2 saturated heterocycles. The monoisotopic (exact) mass is 655 g/mol. The predicted molar refractivity (Wildman–Crippen MR) is 163 cm³/mol. The molecule has 2 unspecified atom stereocenters. The number of alkyl halides is 2. The summed E-state index contributed by atoms with van der Waals surface area (Å²) in [4.78, 5) is 28.7. The van der Waals surface area contributed by atoms with Crippen LogP contribution in [0.4, 0.5) is 8.78 Å². The molecule has 0 aromatic heterocycles. The molecule has 3 aliphatic rings. The predicted octanol–water partition coefficient (Wildman–Crippen LogP) is 5.71. The molecule has 2 amide bonds. The van der Waals surface area contributed by atoms with E-state index in [1.54, 1.807) is 18.2 Å². The zero-order valence-corrected chi connectivity index (χ0v) is 25.3. The highest BCUT2D eigenvalue weighted by Gasteiger charge is 2.53. The highest BCUT2D eigenvalue weighted by molar-refractivity contribution is 9.10. The van der Waals surface area contributed by atoms with Crippen LogP contribution in [0.15, 0.2) is 65.1 Å². The number of piperidine rings is 1. The Morgan fingerprint density at radius 3 is 2.26 bits per heavy atom. The first-order chi connectivity index (χ1) is 20.6. The van der Waals surface area contributed by atoms with Crippen LogP contribution in [-0.2, 0) is 15.5 Å². The lowest BCUT2D eigenvalue weighted by molar-refractivity contribution is -0.155. The van der Waals surface area contributed by atoms with Crippen molar-refractivity contribution in [3.8, 4) is 5.75 Å². The molecule has 10 heteroatoms. The molecule has 4 atom stereocenters. The van der Waals surface area contributed by atoms with Gasteiger partial charge < -0.3 is 25.8 Å². The first-order valence-corrected chi connectivity index (χ1v) is 15.8. The van der Waals surface area contributed by atoms with Gasteiger partial charge in [0.05, 0.1) is 6.10 Å². The Hall–Kier alpha value is -3.08. The van der Waals surface area contributed by atoms with Gasteiger partial charge in [0, 0.05) is 28.2 Å². The lowest BCUT2D eigenvalue weighted by Crippen LogP contribution is -2.61. The molecule has 2 bridgehead atoms. The molecule has 0 radical (unpaired) electrons. The Morgan fingerprint density at radius 1 is 0.953 bits per heavy atom. The molecule has 4 N–H and O–H groups in total. The van der Waals surface area contributed by atoms with Crippen molar-refractivity contribution in [2.24, 2.45) is 5.73 Å². The Bertz CT molecular complexity index is 1480. The molecule has 1 aliphatic carbocycles. The molecule has 3 fully saturated rings. The van der Waals surface area contributed by atoms with Crippen LogP contribution >= 0.6 is 15.9 Å². The Morgan fingerprint density at radius 2 is 1.58 bits per heavy atom. The second kappa shape index (κ2) is 12.1. The maximum Gasteiger partial charge on any atom is 0.302 e. The Kier molecular flexibility index (Phi) is 8.45. The quantitative estimate of drug-likeness (QED) is 0.288. The Balaban J connectivity index is 1.24. The second-order valence-corrected chi connectivity index (χ2v) is 13.0. The maximum atomic E-state index is 16.1. The summed E-state index contributed by atoms with van der Waals surface area (Å²) in [5.41, 5.74) is 5.98. The maximum absolute atomic E-state index is 16.1. The zero-order chi connectivity index (χ0) is 30.3. The number of ether oxygens (including phenoxy) is 1. The van der Waals surface area contributed by atoms with Crippen molar-refractivity contribution in [3.63, 3.8) is 0 Å². The molecule has 1 saturated carbocycles. The highest BCUT2D eigenvalue weighted by Crippen LogP contribution is 2.40. The SMILES string of the molecule is NC1CC2CCC(C1)N2C(=O)[C@H](NC(=O)[C@H](O)c1ccc2cc(OC3CCCC3)ccc2c1)C(F)(F)c1ccc(Br)cc1. The fraction of sp³-hybridized carbons (Fsp3) is 0.455. The molecule has 0 spiro atoms. The van der Waals surface area contributed by atoms with Crippen molar-refractivity contribution in [1.82, 2.24) is 10.2 Å². The minimum Gasteiger partial charge on any atom is -0.490 e. The minimum atomic E-state index is -3.74. The van der Waals surface area contributed by atoms with E-state index in [0.717, 1.165) is 42.2 Å². The normalized spacial score (nSPS) is 23.7. The van der Waals surface area contributed by atoms with Gasteiger partial charge in [-0.1, -0.05) is 46.3 Å². The van der Waals surface area contributed by atoms with Crippen LogP contribution in [0.5, 0.6) is 5.75 Å². The largest absolute Gasteiger partial charge is 0.490 e. The van der Waals surface area contributed by atoms with Gasteiger partial charge in [0.25, 0.3) is 11.8 Å². The lowest BCUT2D eigenvalue weighted by atomic mass is 9.94. The molecule has 228 valence electrons. The van der Waals surface area contributed by atoms with Gasteiger partial charge in [-0.05, 0) is 98.0 Å². The van der Waals surface area contributed by atoms with Crippen LogP contribution in [-0.4, -0.2) is 52.1 Å². The van der Waals surface area contributed by atoms with Crippen LogP contribution in [0.2, 0.25) is 0 Å². The number of hydrogen-bond donors (Lipinski definition) is 3. The number of nitrogens with zero attached hydrogens (tertiary/aromatic N) is 1. The number of rotatable bonds is 8. The third-order valence-corrected chi connectivity index (χ3v) is 9.68. The van der Waals surface area contributed by atoms with E-state index in [1.807, 2.05) is 18.2 Å². The van der Waals surface area contributed by atoms with Crippen molar-refractivity contribution < 1.29 is 28.2 Å². The van der Waals surface area contributed by atoms with Gasteiger partial charge in [-0.15, -0.1) is 0 Å². The summed E-state index contributed by atoms with van der Waals surface area (Å²) in [6.07, 6.45) is 5.27.